The van der Waals surface area contributed by atoms with Gasteiger partial charge >= 0.3 is 0 Å². The zero-order chi connectivity index (χ0) is 12.3. The van der Waals surface area contributed by atoms with Gasteiger partial charge in [0.1, 0.15) is 5.82 Å². The number of hydrazine groups is 1. The molecule has 0 aromatic carbocycles. The zero-order valence-electron chi connectivity index (χ0n) is 9.55. The summed E-state index contributed by atoms with van der Waals surface area (Å²) in [7, 11) is 0. The molecular formula is C12H14N4O. The summed E-state index contributed by atoms with van der Waals surface area (Å²) in [5.41, 5.74) is 4.40. The van der Waals surface area contributed by atoms with Crippen LogP contribution in [0.15, 0.2) is 41.5 Å². The van der Waals surface area contributed by atoms with Crippen molar-refractivity contribution >= 4 is 5.82 Å². The number of anilines is 1. The highest BCUT2D eigenvalue weighted by atomic mass is 16.1. The SMILES string of the molecule is Cc1ccn(Cc2ccnc(NN)c2)c(=O)c1. The van der Waals surface area contributed by atoms with E-state index in [2.05, 4.69) is 10.4 Å². The number of rotatable bonds is 3. The molecule has 0 saturated heterocycles. The summed E-state index contributed by atoms with van der Waals surface area (Å²) in [5, 5.41) is 0. The van der Waals surface area contributed by atoms with E-state index in [-0.39, 0.29) is 5.56 Å². The van der Waals surface area contributed by atoms with Gasteiger partial charge in [0.15, 0.2) is 0 Å². The summed E-state index contributed by atoms with van der Waals surface area (Å²) in [6.45, 7) is 2.41. The molecule has 0 bridgehead atoms. The van der Waals surface area contributed by atoms with Crippen LogP contribution in [0, 0.1) is 6.92 Å². The van der Waals surface area contributed by atoms with Crippen LogP contribution < -0.4 is 16.8 Å². The second-order valence-electron chi connectivity index (χ2n) is 3.86. The molecular weight excluding hydrogens is 216 g/mol. The van der Waals surface area contributed by atoms with Crippen LogP contribution in [0.25, 0.3) is 0 Å². The van der Waals surface area contributed by atoms with E-state index in [4.69, 9.17) is 5.84 Å². The topological polar surface area (TPSA) is 72.9 Å². The lowest BCUT2D eigenvalue weighted by Gasteiger charge is -2.07. The quantitative estimate of drug-likeness (QED) is 0.606. The minimum Gasteiger partial charge on any atom is -0.311 e. The third-order valence-corrected chi connectivity index (χ3v) is 2.48. The van der Waals surface area contributed by atoms with Crippen LogP contribution in [0.5, 0.6) is 0 Å². The first-order valence-corrected chi connectivity index (χ1v) is 5.27. The highest BCUT2D eigenvalue weighted by Crippen LogP contribution is 2.06. The minimum atomic E-state index is -0.0101. The molecule has 88 valence electrons. The Bertz CT molecular complexity index is 577. The largest absolute Gasteiger partial charge is 0.311 e. The predicted molar refractivity (Wildman–Crippen MR) is 66.6 cm³/mol. The van der Waals surface area contributed by atoms with Crippen molar-refractivity contribution in [3.05, 3.63) is 58.1 Å². The molecule has 0 spiro atoms. The highest BCUT2D eigenvalue weighted by molar-refractivity contribution is 5.36. The Hall–Kier alpha value is -2.14. The van der Waals surface area contributed by atoms with Gasteiger partial charge in [0.2, 0.25) is 0 Å². The maximum absolute atomic E-state index is 11.7. The Kier molecular flexibility index (Phi) is 3.20. The van der Waals surface area contributed by atoms with Crippen molar-refractivity contribution in [2.24, 2.45) is 5.84 Å². The van der Waals surface area contributed by atoms with Crippen LogP contribution in [-0.2, 0) is 6.54 Å². The van der Waals surface area contributed by atoms with Crippen LogP contribution >= 0.6 is 0 Å². The maximum atomic E-state index is 11.7. The summed E-state index contributed by atoms with van der Waals surface area (Å²) in [6.07, 6.45) is 3.44. The molecule has 0 fully saturated rings. The van der Waals surface area contributed by atoms with E-state index in [1.54, 1.807) is 23.0 Å². The van der Waals surface area contributed by atoms with Crippen LogP contribution in [0.4, 0.5) is 5.82 Å². The average Bonchev–Trinajstić information content (AvgIpc) is 2.33. The van der Waals surface area contributed by atoms with Gasteiger partial charge in [-0.2, -0.15) is 0 Å². The zero-order valence-corrected chi connectivity index (χ0v) is 9.55. The summed E-state index contributed by atoms with van der Waals surface area (Å²) < 4.78 is 1.64. The smallest absolute Gasteiger partial charge is 0.251 e. The van der Waals surface area contributed by atoms with Gasteiger partial charge in [-0.25, -0.2) is 10.8 Å². The molecule has 0 saturated carbocycles. The van der Waals surface area contributed by atoms with Gasteiger partial charge < -0.3 is 9.99 Å². The molecule has 5 nitrogen and oxygen atoms in total. The molecule has 17 heavy (non-hydrogen) atoms. The lowest BCUT2D eigenvalue weighted by Crippen LogP contribution is -2.19. The molecule has 0 aliphatic carbocycles. The fourth-order valence-electron chi connectivity index (χ4n) is 1.59. The molecule has 0 aliphatic rings. The van der Waals surface area contributed by atoms with E-state index >= 15 is 0 Å². The number of nitrogens with two attached hydrogens (primary N) is 1. The summed E-state index contributed by atoms with van der Waals surface area (Å²) in [6, 6.07) is 7.19. The standard InChI is InChI=1S/C12H14N4O/c1-9-3-5-16(12(17)6-9)8-10-2-4-14-11(7-10)15-13/h2-7H,8,13H2,1H3,(H,14,15). The van der Waals surface area contributed by atoms with Crippen molar-refractivity contribution in [3.8, 4) is 0 Å². The number of aryl methyl sites for hydroxylation is 1. The van der Waals surface area contributed by atoms with Gasteiger partial charge in [-0.1, -0.05) is 0 Å². The van der Waals surface area contributed by atoms with E-state index in [0.29, 0.717) is 12.4 Å². The lowest BCUT2D eigenvalue weighted by molar-refractivity contribution is 0.756. The number of nitrogen functional groups attached to an aromatic ring is 1. The number of nitrogens with zero attached hydrogens (tertiary/aromatic N) is 2. The van der Waals surface area contributed by atoms with Crippen molar-refractivity contribution < 1.29 is 0 Å². The van der Waals surface area contributed by atoms with Crippen molar-refractivity contribution in [1.29, 1.82) is 0 Å². The maximum Gasteiger partial charge on any atom is 0.251 e. The van der Waals surface area contributed by atoms with E-state index in [9.17, 15) is 4.79 Å². The lowest BCUT2D eigenvalue weighted by atomic mass is 10.2. The Morgan fingerprint density at radius 2 is 2.24 bits per heavy atom. The van der Waals surface area contributed by atoms with Gasteiger partial charge in [0.05, 0.1) is 6.54 Å². The third-order valence-electron chi connectivity index (χ3n) is 2.48. The summed E-state index contributed by atoms with van der Waals surface area (Å²) in [5.74, 6) is 5.87. The molecule has 2 aromatic heterocycles. The third kappa shape index (κ3) is 2.70. The second kappa shape index (κ2) is 4.80. The number of hydrogen-bond acceptors (Lipinski definition) is 4. The van der Waals surface area contributed by atoms with E-state index in [1.807, 2.05) is 25.1 Å². The second-order valence-corrected chi connectivity index (χ2v) is 3.86. The van der Waals surface area contributed by atoms with Crippen molar-refractivity contribution in [1.82, 2.24) is 9.55 Å². The Morgan fingerprint density at radius 3 is 2.94 bits per heavy atom. The molecule has 2 heterocycles. The molecule has 0 atom stereocenters. The van der Waals surface area contributed by atoms with Gasteiger partial charge in [-0.15, -0.1) is 0 Å². The van der Waals surface area contributed by atoms with Crippen molar-refractivity contribution in [2.45, 2.75) is 13.5 Å². The van der Waals surface area contributed by atoms with E-state index < -0.39 is 0 Å². The Morgan fingerprint density at radius 1 is 1.41 bits per heavy atom. The van der Waals surface area contributed by atoms with Gasteiger partial charge in [-0.3, -0.25) is 4.79 Å². The van der Waals surface area contributed by atoms with Crippen LogP contribution in [0.3, 0.4) is 0 Å². The monoisotopic (exact) mass is 230 g/mol. The number of aromatic nitrogens is 2. The van der Waals surface area contributed by atoms with E-state index in [1.165, 1.54) is 0 Å². The molecule has 2 rings (SSSR count). The van der Waals surface area contributed by atoms with Crippen LogP contribution in [0.2, 0.25) is 0 Å². The van der Waals surface area contributed by atoms with Gasteiger partial charge in [0, 0.05) is 18.5 Å². The fourth-order valence-corrected chi connectivity index (χ4v) is 1.59. The van der Waals surface area contributed by atoms with Gasteiger partial charge in [0.25, 0.3) is 5.56 Å². The van der Waals surface area contributed by atoms with Crippen LogP contribution in [-0.4, -0.2) is 9.55 Å². The Labute approximate surface area is 98.9 Å². The van der Waals surface area contributed by atoms with Crippen LogP contribution in [0.1, 0.15) is 11.1 Å². The molecule has 0 unspecified atom stereocenters. The van der Waals surface area contributed by atoms with Crippen molar-refractivity contribution in [3.63, 3.8) is 0 Å². The summed E-state index contributed by atoms with van der Waals surface area (Å²) in [4.78, 5) is 15.7. The number of hydrogen-bond donors (Lipinski definition) is 2. The van der Waals surface area contributed by atoms with E-state index in [0.717, 1.165) is 11.1 Å². The number of nitrogens with one attached hydrogen (secondary N) is 1. The fraction of sp³-hybridized carbons (Fsp3) is 0.167. The van der Waals surface area contributed by atoms with Crippen molar-refractivity contribution in [2.75, 3.05) is 5.43 Å². The average molecular weight is 230 g/mol. The minimum absolute atomic E-state index is 0.0101. The molecule has 0 aliphatic heterocycles. The molecule has 3 N–H and O–H groups in total. The van der Waals surface area contributed by atoms with Gasteiger partial charge in [-0.05, 0) is 36.2 Å². The highest BCUT2D eigenvalue weighted by Gasteiger charge is 1.99. The number of pyridine rings is 2. The summed E-state index contributed by atoms with van der Waals surface area (Å²) >= 11 is 0. The molecule has 5 heteroatoms. The first-order chi connectivity index (χ1) is 8.19. The first kappa shape index (κ1) is 11.3. The predicted octanol–water partition coefficient (Wildman–Crippen LogP) is 0.886. The molecule has 2 aromatic rings. The first-order valence-electron chi connectivity index (χ1n) is 5.27. The molecule has 0 amide bonds. The Balaban J connectivity index is 2.28. The molecule has 0 radical (unpaired) electrons. The normalized spacial score (nSPS) is 10.2.